The number of pyridine rings is 1. The van der Waals surface area contributed by atoms with Gasteiger partial charge in [0.1, 0.15) is 11.3 Å². The minimum Gasteiger partial charge on any atom is -0.484 e. The van der Waals surface area contributed by atoms with Gasteiger partial charge < -0.3 is 19.5 Å². The Morgan fingerprint density at radius 1 is 0.875 bits per heavy atom. The van der Waals surface area contributed by atoms with Crippen molar-refractivity contribution in [3.8, 4) is 17.0 Å². The Balaban J connectivity index is 1.32. The molecule has 7 nitrogen and oxygen atoms in total. The van der Waals surface area contributed by atoms with E-state index in [9.17, 15) is 14.4 Å². The Hall–Kier alpha value is -3.58. The molecular weight excluding hydrogens is 430 g/mol. The van der Waals surface area contributed by atoms with Gasteiger partial charge in [-0.1, -0.05) is 41.9 Å². The number of benzene rings is 2. The van der Waals surface area contributed by atoms with Crippen molar-refractivity contribution in [2.45, 2.75) is 0 Å². The van der Waals surface area contributed by atoms with Gasteiger partial charge in [0.05, 0.1) is 0 Å². The van der Waals surface area contributed by atoms with Crippen LogP contribution in [0.15, 0.2) is 71.5 Å². The molecule has 3 aromatic rings. The van der Waals surface area contributed by atoms with Crippen molar-refractivity contribution in [3.05, 3.63) is 87.7 Å². The van der Waals surface area contributed by atoms with Crippen LogP contribution in [-0.4, -0.2) is 59.4 Å². The maximum atomic E-state index is 12.9. The van der Waals surface area contributed by atoms with Crippen LogP contribution in [0.5, 0.6) is 5.75 Å². The topological polar surface area (TPSA) is 82.7 Å². The Labute approximate surface area is 190 Å². The molecule has 0 atom stereocenters. The SMILES string of the molecule is O=C(COc1ccc(Cl)cc1)N1CCN(C(=O)c2ccc(-c3ccccc3)[nH]c2=O)CC1. The summed E-state index contributed by atoms with van der Waals surface area (Å²) in [7, 11) is 0. The van der Waals surface area contributed by atoms with E-state index >= 15 is 0 Å². The summed E-state index contributed by atoms with van der Waals surface area (Å²) in [6.45, 7) is 1.39. The van der Waals surface area contributed by atoms with Gasteiger partial charge >= 0.3 is 0 Å². The van der Waals surface area contributed by atoms with Crippen LogP contribution in [0.1, 0.15) is 10.4 Å². The maximum absolute atomic E-state index is 12.9. The predicted octanol–water partition coefficient (Wildman–Crippen LogP) is 3.06. The molecule has 0 spiro atoms. The molecule has 1 saturated heterocycles. The molecule has 8 heteroatoms. The van der Waals surface area contributed by atoms with Gasteiger partial charge in [0.15, 0.2) is 6.61 Å². The van der Waals surface area contributed by atoms with Gasteiger partial charge in [-0.2, -0.15) is 0 Å². The molecule has 2 aromatic carbocycles. The van der Waals surface area contributed by atoms with Gasteiger partial charge in [0.25, 0.3) is 17.4 Å². The average molecular weight is 452 g/mol. The Morgan fingerprint density at radius 2 is 1.53 bits per heavy atom. The first-order valence-electron chi connectivity index (χ1n) is 10.3. The highest BCUT2D eigenvalue weighted by atomic mass is 35.5. The van der Waals surface area contributed by atoms with Gasteiger partial charge in [-0.05, 0) is 42.0 Å². The summed E-state index contributed by atoms with van der Waals surface area (Å²) < 4.78 is 5.51. The van der Waals surface area contributed by atoms with E-state index in [2.05, 4.69) is 4.98 Å². The summed E-state index contributed by atoms with van der Waals surface area (Å²) in [6, 6.07) is 19.5. The van der Waals surface area contributed by atoms with Gasteiger partial charge in [-0.25, -0.2) is 0 Å². The molecule has 1 N–H and O–H groups in total. The number of aromatic amines is 1. The number of carbonyl (C=O) groups is 2. The van der Waals surface area contributed by atoms with Crippen molar-refractivity contribution in [3.63, 3.8) is 0 Å². The number of nitrogens with zero attached hydrogens (tertiary/aromatic N) is 2. The highest BCUT2D eigenvalue weighted by Gasteiger charge is 2.26. The third-order valence-corrected chi connectivity index (χ3v) is 5.57. The molecule has 0 unspecified atom stereocenters. The first kappa shape index (κ1) is 21.6. The highest BCUT2D eigenvalue weighted by molar-refractivity contribution is 6.30. The van der Waals surface area contributed by atoms with Crippen LogP contribution in [0.4, 0.5) is 0 Å². The molecule has 0 bridgehead atoms. The molecule has 2 heterocycles. The lowest BCUT2D eigenvalue weighted by Crippen LogP contribution is -2.52. The molecular formula is C24H22ClN3O4. The standard InChI is InChI=1S/C24H22ClN3O4/c25-18-6-8-19(9-7-18)32-16-22(29)27-12-14-28(15-13-27)24(31)20-10-11-21(26-23(20)30)17-4-2-1-3-5-17/h1-11H,12-16H2,(H,26,30). The Kier molecular flexibility index (Phi) is 6.56. The monoisotopic (exact) mass is 451 g/mol. The van der Waals surface area contributed by atoms with E-state index in [0.29, 0.717) is 42.6 Å². The number of halogens is 1. The molecule has 1 aliphatic rings. The van der Waals surface area contributed by atoms with E-state index in [0.717, 1.165) is 5.56 Å². The molecule has 32 heavy (non-hydrogen) atoms. The minimum absolute atomic E-state index is 0.0871. The first-order chi connectivity index (χ1) is 15.5. The van der Waals surface area contributed by atoms with Crippen LogP contribution in [0, 0.1) is 0 Å². The third kappa shape index (κ3) is 5.00. The third-order valence-electron chi connectivity index (χ3n) is 5.32. The molecule has 0 radical (unpaired) electrons. The predicted molar refractivity (Wildman–Crippen MR) is 122 cm³/mol. The van der Waals surface area contributed by atoms with Gasteiger partial charge in [0.2, 0.25) is 0 Å². The number of ether oxygens (including phenoxy) is 1. The Morgan fingerprint density at radius 3 is 2.19 bits per heavy atom. The first-order valence-corrected chi connectivity index (χ1v) is 10.6. The van der Waals surface area contributed by atoms with Crippen LogP contribution in [0.2, 0.25) is 5.02 Å². The number of rotatable bonds is 5. The zero-order valence-electron chi connectivity index (χ0n) is 17.3. The fourth-order valence-electron chi connectivity index (χ4n) is 3.52. The second-order valence-electron chi connectivity index (χ2n) is 7.40. The second-order valence-corrected chi connectivity index (χ2v) is 7.83. The van der Waals surface area contributed by atoms with E-state index in [4.69, 9.17) is 16.3 Å². The van der Waals surface area contributed by atoms with E-state index in [1.165, 1.54) is 0 Å². The van der Waals surface area contributed by atoms with Crippen molar-refractivity contribution in [2.24, 2.45) is 0 Å². The molecule has 4 rings (SSSR count). The van der Waals surface area contributed by atoms with Crippen molar-refractivity contribution in [1.29, 1.82) is 0 Å². The average Bonchev–Trinajstić information content (AvgIpc) is 2.83. The van der Waals surface area contributed by atoms with Gasteiger partial charge in [0, 0.05) is 36.9 Å². The van der Waals surface area contributed by atoms with Crippen LogP contribution in [0.25, 0.3) is 11.3 Å². The molecule has 1 aliphatic heterocycles. The fraction of sp³-hybridized carbons (Fsp3) is 0.208. The highest BCUT2D eigenvalue weighted by Crippen LogP contribution is 2.17. The van der Waals surface area contributed by atoms with E-state index in [1.807, 2.05) is 30.3 Å². The van der Waals surface area contributed by atoms with E-state index < -0.39 is 5.56 Å². The zero-order valence-corrected chi connectivity index (χ0v) is 18.0. The molecule has 1 aromatic heterocycles. The number of aromatic nitrogens is 1. The lowest BCUT2D eigenvalue weighted by atomic mass is 10.1. The molecule has 164 valence electrons. The lowest BCUT2D eigenvalue weighted by Gasteiger charge is -2.34. The summed E-state index contributed by atoms with van der Waals surface area (Å²) in [5, 5.41) is 0.595. The second kappa shape index (κ2) is 9.70. The fourth-order valence-corrected chi connectivity index (χ4v) is 3.65. The van der Waals surface area contributed by atoms with Crippen LogP contribution >= 0.6 is 11.6 Å². The molecule has 0 aliphatic carbocycles. The molecule has 1 fully saturated rings. The van der Waals surface area contributed by atoms with E-state index in [-0.39, 0.29) is 24.0 Å². The zero-order chi connectivity index (χ0) is 22.5. The number of carbonyl (C=O) groups excluding carboxylic acids is 2. The van der Waals surface area contributed by atoms with Gasteiger partial charge in [-0.15, -0.1) is 0 Å². The maximum Gasteiger partial charge on any atom is 0.261 e. The number of amides is 2. The summed E-state index contributed by atoms with van der Waals surface area (Å²) in [6.07, 6.45) is 0. The molecule has 0 saturated carbocycles. The van der Waals surface area contributed by atoms with E-state index in [1.54, 1.807) is 46.2 Å². The summed E-state index contributed by atoms with van der Waals surface area (Å²) in [5.74, 6) is 0.0715. The number of H-pyrrole nitrogens is 1. The van der Waals surface area contributed by atoms with Crippen molar-refractivity contribution in [2.75, 3.05) is 32.8 Å². The smallest absolute Gasteiger partial charge is 0.261 e. The van der Waals surface area contributed by atoms with Crippen LogP contribution in [0.3, 0.4) is 0 Å². The summed E-state index contributed by atoms with van der Waals surface area (Å²) in [5.41, 5.74) is 1.20. The summed E-state index contributed by atoms with van der Waals surface area (Å²) >= 11 is 5.84. The Bertz CT molecular complexity index is 1150. The normalized spacial score (nSPS) is 13.7. The number of hydrogen-bond acceptors (Lipinski definition) is 4. The quantitative estimate of drug-likeness (QED) is 0.646. The number of piperazine rings is 1. The minimum atomic E-state index is -0.425. The molecule has 2 amide bonds. The number of hydrogen-bond donors (Lipinski definition) is 1. The van der Waals surface area contributed by atoms with Crippen LogP contribution < -0.4 is 10.3 Å². The van der Waals surface area contributed by atoms with Crippen molar-refractivity contribution in [1.82, 2.24) is 14.8 Å². The van der Waals surface area contributed by atoms with Crippen LogP contribution in [-0.2, 0) is 4.79 Å². The van der Waals surface area contributed by atoms with Crippen molar-refractivity contribution < 1.29 is 14.3 Å². The summed E-state index contributed by atoms with van der Waals surface area (Å²) in [4.78, 5) is 43.8. The van der Waals surface area contributed by atoms with Crippen molar-refractivity contribution >= 4 is 23.4 Å². The lowest BCUT2D eigenvalue weighted by molar-refractivity contribution is -0.134. The largest absolute Gasteiger partial charge is 0.484 e. The van der Waals surface area contributed by atoms with Gasteiger partial charge in [-0.3, -0.25) is 14.4 Å². The number of nitrogens with one attached hydrogen (secondary N) is 1.